The van der Waals surface area contributed by atoms with Gasteiger partial charge in [-0.2, -0.15) is 0 Å². The van der Waals surface area contributed by atoms with Crippen LogP contribution in [0.3, 0.4) is 0 Å². The quantitative estimate of drug-likeness (QED) is 0.757. The van der Waals surface area contributed by atoms with E-state index in [1.165, 1.54) is 0 Å². The highest BCUT2D eigenvalue weighted by atomic mass is 35.5. The highest BCUT2D eigenvalue weighted by Crippen LogP contribution is 2.13. The van der Waals surface area contributed by atoms with E-state index >= 15 is 0 Å². The van der Waals surface area contributed by atoms with E-state index in [1.54, 1.807) is 0 Å². The van der Waals surface area contributed by atoms with Crippen molar-refractivity contribution in [2.24, 2.45) is 0 Å². The fourth-order valence-corrected chi connectivity index (χ4v) is 1.49. The summed E-state index contributed by atoms with van der Waals surface area (Å²) < 4.78 is 0. The van der Waals surface area contributed by atoms with Crippen LogP contribution in [0.1, 0.15) is 18.9 Å². The largest absolute Gasteiger partial charge is 0.392 e. The Balaban J connectivity index is 2.51. The number of benzene rings is 1. The Kier molecular flexibility index (Phi) is 4.18. The Morgan fingerprint density at radius 2 is 2.00 bits per heavy atom. The van der Waals surface area contributed by atoms with Gasteiger partial charge in [0.05, 0.1) is 6.10 Å². The molecule has 0 aromatic heterocycles. The minimum absolute atomic E-state index is 0.339. The van der Waals surface area contributed by atoms with Crippen LogP contribution in [0.25, 0.3) is 0 Å². The topological polar surface area (TPSA) is 20.2 Å². The number of aliphatic hydroxyl groups is 1. The second-order valence-corrected chi connectivity index (χ2v) is 4.08. The number of rotatable bonds is 4. The van der Waals surface area contributed by atoms with Crippen LogP contribution in [0.2, 0.25) is 5.02 Å². The Bertz CT molecular complexity index is 303. The zero-order chi connectivity index (χ0) is 10.6. The zero-order valence-corrected chi connectivity index (χ0v) is 9.09. The summed E-state index contributed by atoms with van der Waals surface area (Å²) in [4.78, 5) is 0. The van der Waals surface area contributed by atoms with Gasteiger partial charge < -0.3 is 5.11 Å². The van der Waals surface area contributed by atoms with Gasteiger partial charge in [0.2, 0.25) is 0 Å². The molecule has 0 amide bonds. The van der Waals surface area contributed by atoms with Gasteiger partial charge in [0.15, 0.2) is 0 Å². The van der Waals surface area contributed by atoms with E-state index in [-0.39, 0.29) is 6.10 Å². The maximum Gasteiger partial charge on any atom is 0.0617 e. The first-order valence-corrected chi connectivity index (χ1v) is 5.02. The third-order valence-corrected chi connectivity index (χ3v) is 2.22. The summed E-state index contributed by atoms with van der Waals surface area (Å²) in [6.07, 6.45) is 0.973. The molecule has 0 aliphatic heterocycles. The summed E-state index contributed by atoms with van der Waals surface area (Å²) >= 11 is 5.76. The average molecular weight is 211 g/mol. The zero-order valence-electron chi connectivity index (χ0n) is 8.33. The Hall–Kier alpha value is -0.790. The van der Waals surface area contributed by atoms with Crippen molar-refractivity contribution in [1.82, 2.24) is 0 Å². The van der Waals surface area contributed by atoms with Gasteiger partial charge in [-0.05, 0) is 37.5 Å². The number of aliphatic hydroxyl groups excluding tert-OH is 1. The lowest BCUT2D eigenvalue weighted by atomic mass is 10.0. The van der Waals surface area contributed by atoms with Gasteiger partial charge in [0.25, 0.3) is 0 Å². The maximum absolute atomic E-state index is 9.65. The number of hydrogen-bond donors (Lipinski definition) is 1. The fourth-order valence-electron chi connectivity index (χ4n) is 1.37. The van der Waals surface area contributed by atoms with Crippen molar-refractivity contribution < 1.29 is 5.11 Å². The normalized spacial score (nSPS) is 12.5. The lowest BCUT2D eigenvalue weighted by Crippen LogP contribution is -2.10. The Labute approximate surface area is 90.0 Å². The summed E-state index contributed by atoms with van der Waals surface area (Å²) in [7, 11) is 0. The van der Waals surface area contributed by atoms with Crippen molar-refractivity contribution in [3.05, 3.63) is 47.0 Å². The molecule has 1 unspecified atom stereocenters. The second-order valence-electron chi connectivity index (χ2n) is 3.65. The van der Waals surface area contributed by atoms with Gasteiger partial charge in [0.1, 0.15) is 0 Å². The van der Waals surface area contributed by atoms with Crippen LogP contribution >= 0.6 is 11.6 Å². The van der Waals surface area contributed by atoms with Crippen molar-refractivity contribution in [3.8, 4) is 0 Å². The smallest absolute Gasteiger partial charge is 0.0617 e. The highest BCUT2D eigenvalue weighted by molar-refractivity contribution is 6.30. The molecular weight excluding hydrogens is 196 g/mol. The second kappa shape index (κ2) is 5.18. The van der Waals surface area contributed by atoms with Gasteiger partial charge >= 0.3 is 0 Å². The highest BCUT2D eigenvalue weighted by Gasteiger charge is 2.05. The number of hydrogen-bond acceptors (Lipinski definition) is 1. The molecule has 0 radical (unpaired) electrons. The SMILES string of the molecule is C=C(C)CC(O)Cc1ccc(Cl)cc1. The van der Waals surface area contributed by atoms with Crippen LogP contribution in [0.5, 0.6) is 0 Å². The summed E-state index contributed by atoms with van der Waals surface area (Å²) in [6.45, 7) is 5.69. The molecule has 2 heteroatoms. The first-order valence-electron chi connectivity index (χ1n) is 4.65. The van der Waals surface area contributed by atoms with E-state index in [2.05, 4.69) is 6.58 Å². The third-order valence-electron chi connectivity index (χ3n) is 1.97. The molecule has 0 fully saturated rings. The molecule has 1 aromatic carbocycles. The summed E-state index contributed by atoms with van der Waals surface area (Å²) in [5, 5.41) is 10.4. The molecule has 1 N–H and O–H groups in total. The molecule has 14 heavy (non-hydrogen) atoms. The molecule has 1 nitrogen and oxygen atoms in total. The van der Waals surface area contributed by atoms with Crippen LogP contribution in [0.4, 0.5) is 0 Å². The van der Waals surface area contributed by atoms with E-state index in [0.29, 0.717) is 12.8 Å². The van der Waals surface area contributed by atoms with E-state index in [1.807, 2.05) is 31.2 Å². The molecule has 0 heterocycles. The van der Waals surface area contributed by atoms with Crippen LogP contribution in [0.15, 0.2) is 36.4 Å². The minimum atomic E-state index is -0.339. The Morgan fingerprint density at radius 3 is 2.50 bits per heavy atom. The lowest BCUT2D eigenvalue weighted by Gasteiger charge is -2.10. The standard InChI is InChI=1S/C12H15ClO/c1-9(2)7-12(14)8-10-3-5-11(13)6-4-10/h3-6,12,14H,1,7-8H2,2H3. The summed E-state index contributed by atoms with van der Waals surface area (Å²) in [6, 6.07) is 7.54. The van der Waals surface area contributed by atoms with E-state index < -0.39 is 0 Å². The van der Waals surface area contributed by atoms with Crippen LogP contribution < -0.4 is 0 Å². The molecule has 1 rings (SSSR count). The predicted octanol–water partition coefficient (Wildman–Crippen LogP) is 3.21. The van der Waals surface area contributed by atoms with Gasteiger partial charge in [-0.1, -0.05) is 29.3 Å². The molecule has 1 aromatic rings. The average Bonchev–Trinajstić information content (AvgIpc) is 2.07. The molecule has 0 saturated carbocycles. The van der Waals surface area contributed by atoms with Gasteiger partial charge in [0, 0.05) is 5.02 Å². The number of halogens is 1. The molecule has 0 bridgehead atoms. The van der Waals surface area contributed by atoms with Crippen molar-refractivity contribution in [1.29, 1.82) is 0 Å². The fraction of sp³-hybridized carbons (Fsp3) is 0.333. The van der Waals surface area contributed by atoms with Crippen molar-refractivity contribution in [3.63, 3.8) is 0 Å². The molecule has 0 saturated heterocycles. The minimum Gasteiger partial charge on any atom is -0.392 e. The third kappa shape index (κ3) is 3.95. The van der Waals surface area contributed by atoms with E-state index in [9.17, 15) is 5.11 Å². The van der Waals surface area contributed by atoms with Crippen LogP contribution in [0, 0.1) is 0 Å². The van der Waals surface area contributed by atoms with Gasteiger partial charge in [-0.3, -0.25) is 0 Å². The maximum atomic E-state index is 9.65. The first kappa shape index (κ1) is 11.3. The van der Waals surface area contributed by atoms with Gasteiger partial charge in [-0.15, -0.1) is 6.58 Å². The van der Waals surface area contributed by atoms with Crippen LogP contribution in [-0.4, -0.2) is 11.2 Å². The lowest BCUT2D eigenvalue weighted by molar-refractivity contribution is 0.175. The predicted molar refractivity (Wildman–Crippen MR) is 60.6 cm³/mol. The summed E-state index contributed by atoms with van der Waals surface area (Å²) in [5.74, 6) is 0. The molecule has 76 valence electrons. The van der Waals surface area contributed by atoms with E-state index in [4.69, 9.17) is 11.6 Å². The van der Waals surface area contributed by atoms with Crippen molar-refractivity contribution >= 4 is 11.6 Å². The Morgan fingerprint density at radius 1 is 1.43 bits per heavy atom. The monoisotopic (exact) mass is 210 g/mol. The van der Waals surface area contributed by atoms with Gasteiger partial charge in [-0.25, -0.2) is 0 Å². The summed E-state index contributed by atoms with van der Waals surface area (Å²) in [5.41, 5.74) is 2.11. The molecule has 0 spiro atoms. The molecule has 1 atom stereocenters. The van der Waals surface area contributed by atoms with Crippen LogP contribution in [-0.2, 0) is 6.42 Å². The molecule has 0 aliphatic rings. The van der Waals surface area contributed by atoms with E-state index in [0.717, 1.165) is 16.2 Å². The molecule has 0 aliphatic carbocycles. The molecular formula is C12H15ClO. The first-order chi connectivity index (χ1) is 6.58. The van der Waals surface area contributed by atoms with Crippen molar-refractivity contribution in [2.45, 2.75) is 25.9 Å². The van der Waals surface area contributed by atoms with Crippen molar-refractivity contribution in [2.75, 3.05) is 0 Å².